The molecule has 0 unspecified atom stereocenters. The van der Waals surface area contributed by atoms with Crippen LogP contribution in [0.2, 0.25) is 5.02 Å². The van der Waals surface area contributed by atoms with Crippen molar-refractivity contribution in [2.45, 2.75) is 6.54 Å². The molecule has 0 aliphatic carbocycles. The Kier molecular flexibility index (Phi) is 4.49. The number of rotatable bonds is 4. The SMILES string of the molecule is O=C(Cn1nc(C(=O)O)c2ccccc2c1=O)Nc1cccc(Cl)c1. The van der Waals surface area contributed by atoms with E-state index in [-0.39, 0.29) is 16.5 Å². The number of carbonyl (C=O) groups excluding carboxylic acids is 1. The lowest BCUT2D eigenvalue weighted by molar-refractivity contribution is -0.117. The van der Waals surface area contributed by atoms with Crippen molar-refractivity contribution in [1.82, 2.24) is 9.78 Å². The van der Waals surface area contributed by atoms with Crippen LogP contribution in [0, 0.1) is 0 Å². The van der Waals surface area contributed by atoms with E-state index in [1.165, 1.54) is 12.1 Å². The van der Waals surface area contributed by atoms with Crippen LogP contribution in [0.1, 0.15) is 10.5 Å². The van der Waals surface area contributed by atoms with Crippen molar-refractivity contribution in [3.05, 3.63) is 69.6 Å². The van der Waals surface area contributed by atoms with Gasteiger partial charge in [0.15, 0.2) is 5.69 Å². The highest BCUT2D eigenvalue weighted by Gasteiger charge is 2.17. The minimum absolute atomic E-state index is 0.186. The number of benzene rings is 2. The lowest BCUT2D eigenvalue weighted by Gasteiger charge is -2.09. The van der Waals surface area contributed by atoms with Crippen LogP contribution in [0.4, 0.5) is 5.69 Å². The number of aromatic nitrogens is 2. The van der Waals surface area contributed by atoms with Gasteiger partial charge in [0, 0.05) is 16.1 Å². The number of hydrogen-bond acceptors (Lipinski definition) is 4. The highest BCUT2D eigenvalue weighted by molar-refractivity contribution is 6.30. The van der Waals surface area contributed by atoms with E-state index in [4.69, 9.17) is 11.6 Å². The molecule has 0 saturated carbocycles. The first-order valence-corrected chi connectivity index (χ1v) is 7.62. The fourth-order valence-electron chi connectivity index (χ4n) is 2.40. The predicted molar refractivity (Wildman–Crippen MR) is 93.0 cm³/mol. The van der Waals surface area contributed by atoms with E-state index >= 15 is 0 Å². The van der Waals surface area contributed by atoms with E-state index in [0.717, 1.165) is 4.68 Å². The third-order valence-electron chi connectivity index (χ3n) is 3.47. The molecule has 1 aromatic heterocycles. The lowest BCUT2D eigenvalue weighted by atomic mass is 10.1. The summed E-state index contributed by atoms with van der Waals surface area (Å²) < 4.78 is 0.839. The normalized spacial score (nSPS) is 10.6. The number of amides is 1. The molecule has 25 heavy (non-hydrogen) atoms. The van der Waals surface area contributed by atoms with Gasteiger partial charge in [0.1, 0.15) is 6.54 Å². The Labute approximate surface area is 146 Å². The summed E-state index contributed by atoms with van der Waals surface area (Å²) in [5.41, 5.74) is -0.364. The number of nitrogens with one attached hydrogen (secondary N) is 1. The van der Waals surface area contributed by atoms with Crippen LogP contribution in [0.25, 0.3) is 10.8 Å². The topological polar surface area (TPSA) is 101 Å². The first-order chi connectivity index (χ1) is 12.0. The summed E-state index contributed by atoms with van der Waals surface area (Å²) >= 11 is 5.85. The van der Waals surface area contributed by atoms with Crippen LogP contribution < -0.4 is 10.9 Å². The van der Waals surface area contributed by atoms with Crippen molar-refractivity contribution in [2.75, 3.05) is 5.32 Å². The Morgan fingerprint density at radius 3 is 2.52 bits per heavy atom. The Morgan fingerprint density at radius 1 is 1.12 bits per heavy atom. The minimum atomic E-state index is -1.28. The third kappa shape index (κ3) is 3.51. The molecular weight excluding hydrogens is 346 g/mol. The zero-order valence-electron chi connectivity index (χ0n) is 12.8. The second kappa shape index (κ2) is 6.74. The molecule has 1 amide bonds. The van der Waals surface area contributed by atoms with Crippen molar-refractivity contribution >= 4 is 39.9 Å². The number of fused-ring (bicyclic) bond motifs is 1. The Hall–Kier alpha value is -3.19. The average Bonchev–Trinajstić information content (AvgIpc) is 2.57. The Balaban J connectivity index is 1.96. The van der Waals surface area contributed by atoms with Crippen molar-refractivity contribution < 1.29 is 14.7 Å². The van der Waals surface area contributed by atoms with E-state index in [1.807, 2.05) is 0 Å². The second-order valence-electron chi connectivity index (χ2n) is 5.22. The number of nitrogens with zero attached hydrogens (tertiary/aromatic N) is 2. The van der Waals surface area contributed by atoms with Gasteiger partial charge in [0.05, 0.1) is 5.39 Å². The van der Waals surface area contributed by atoms with Crippen molar-refractivity contribution in [3.63, 3.8) is 0 Å². The molecule has 0 saturated heterocycles. The molecule has 3 aromatic rings. The first kappa shape index (κ1) is 16.7. The maximum absolute atomic E-state index is 12.5. The van der Waals surface area contributed by atoms with E-state index in [2.05, 4.69) is 10.4 Å². The molecular formula is C17H12ClN3O4. The molecule has 0 spiro atoms. The van der Waals surface area contributed by atoms with E-state index in [1.54, 1.807) is 36.4 Å². The summed E-state index contributed by atoms with van der Waals surface area (Å²) in [6.07, 6.45) is 0. The summed E-state index contributed by atoms with van der Waals surface area (Å²) in [4.78, 5) is 36.0. The monoisotopic (exact) mass is 357 g/mol. The molecule has 0 aliphatic rings. The first-order valence-electron chi connectivity index (χ1n) is 7.24. The molecule has 0 aliphatic heterocycles. The quantitative estimate of drug-likeness (QED) is 0.746. The maximum atomic E-state index is 12.5. The van der Waals surface area contributed by atoms with Gasteiger partial charge in [-0.2, -0.15) is 5.10 Å². The molecule has 2 N–H and O–H groups in total. The molecule has 0 bridgehead atoms. The molecule has 3 rings (SSSR count). The molecule has 8 heteroatoms. The van der Waals surface area contributed by atoms with Crippen molar-refractivity contribution in [2.24, 2.45) is 0 Å². The van der Waals surface area contributed by atoms with Gasteiger partial charge in [-0.05, 0) is 24.3 Å². The number of carboxylic acids is 1. The zero-order chi connectivity index (χ0) is 18.0. The van der Waals surface area contributed by atoms with Gasteiger partial charge < -0.3 is 10.4 Å². The second-order valence-corrected chi connectivity index (χ2v) is 5.66. The van der Waals surface area contributed by atoms with Crippen molar-refractivity contribution in [1.29, 1.82) is 0 Å². The van der Waals surface area contributed by atoms with Crippen LogP contribution in [0.15, 0.2) is 53.3 Å². The Bertz CT molecular complexity index is 1050. The number of carboxylic acid groups (broad SMARTS) is 1. The van der Waals surface area contributed by atoms with Gasteiger partial charge in [-0.3, -0.25) is 9.59 Å². The van der Waals surface area contributed by atoms with Gasteiger partial charge in [-0.15, -0.1) is 0 Å². The van der Waals surface area contributed by atoms with Crippen LogP contribution in [0.5, 0.6) is 0 Å². The summed E-state index contributed by atoms with van der Waals surface area (Å²) in [6, 6.07) is 12.8. The average molecular weight is 358 g/mol. The van der Waals surface area contributed by atoms with Gasteiger partial charge >= 0.3 is 5.97 Å². The molecule has 1 heterocycles. The number of carbonyl (C=O) groups is 2. The third-order valence-corrected chi connectivity index (χ3v) is 3.71. The van der Waals surface area contributed by atoms with E-state index in [9.17, 15) is 19.5 Å². The largest absolute Gasteiger partial charge is 0.476 e. The summed E-state index contributed by atoms with van der Waals surface area (Å²) in [6.45, 7) is -0.420. The molecule has 7 nitrogen and oxygen atoms in total. The number of hydrogen-bond donors (Lipinski definition) is 2. The molecule has 2 aromatic carbocycles. The van der Waals surface area contributed by atoms with Crippen LogP contribution >= 0.6 is 11.6 Å². The van der Waals surface area contributed by atoms with Gasteiger partial charge in [0.2, 0.25) is 5.91 Å². The highest BCUT2D eigenvalue weighted by Crippen LogP contribution is 2.15. The smallest absolute Gasteiger partial charge is 0.357 e. The van der Waals surface area contributed by atoms with E-state index < -0.39 is 24.0 Å². The summed E-state index contributed by atoms with van der Waals surface area (Å²) in [5, 5.41) is 16.6. The van der Waals surface area contributed by atoms with Gasteiger partial charge in [-0.1, -0.05) is 35.9 Å². The summed E-state index contributed by atoms with van der Waals surface area (Å²) in [5.74, 6) is -1.80. The Morgan fingerprint density at radius 2 is 1.84 bits per heavy atom. The standard InChI is InChI=1S/C17H12ClN3O4/c18-10-4-3-5-11(8-10)19-14(22)9-21-16(23)13-7-2-1-6-12(13)15(20-21)17(24)25/h1-8H,9H2,(H,19,22)(H,24,25). The number of halogens is 1. The molecule has 126 valence electrons. The number of aromatic carboxylic acids is 1. The summed E-state index contributed by atoms with van der Waals surface area (Å²) in [7, 11) is 0. The van der Waals surface area contributed by atoms with E-state index in [0.29, 0.717) is 10.7 Å². The molecule has 0 fully saturated rings. The fraction of sp³-hybridized carbons (Fsp3) is 0.0588. The van der Waals surface area contributed by atoms with Gasteiger partial charge in [-0.25, -0.2) is 9.48 Å². The lowest BCUT2D eigenvalue weighted by Crippen LogP contribution is -2.31. The van der Waals surface area contributed by atoms with Crippen LogP contribution in [-0.4, -0.2) is 26.8 Å². The van der Waals surface area contributed by atoms with Crippen LogP contribution in [0.3, 0.4) is 0 Å². The zero-order valence-corrected chi connectivity index (χ0v) is 13.5. The highest BCUT2D eigenvalue weighted by atomic mass is 35.5. The molecule has 0 radical (unpaired) electrons. The molecule has 0 atom stereocenters. The van der Waals surface area contributed by atoms with Gasteiger partial charge in [0.25, 0.3) is 5.56 Å². The predicted octanol–water partition coefficient (Wildman–Crippen LogP) is 2.39. The minimum Gasteiger partial charge on any atom is -0.476 e. The number of anilines is 1. The maximum Gasteiger partial charge on any atom is 0.357 e. The van der Waals surface area contributed by atoms with Crippen molar-refractivity contribution in [3.8, 4) is 0 Å². The van der Waals surface area contributed by atoms with Crippen LogP contribution in [-0.2, 0) is 11.3 Å². The fourth-order valence-corrected chi connectivity index (χ4v) is 2.59.